The summed E-state index contributed by atoms with van der Waals surface area (Å²) in [6.07, 6.45) is 9.59. The van der Waals surface area contributed by atoms with Crippen molar-refractivity contribution in [2.45, 2.75) is 19.3 Å². The lowest BCUT2D eigenvalue weighted by molar-refractivity contribution is 0.195. The predicted octanol–water partition coefficient (Wildman–Crippen LogP) is 3.86. The molecule has 0 atom stereocenters. The number of pyridine rings is 1. The van der Waals surface area contributed by atoms with Gasteiger partial charge < -0.3 is 25.0 Å². The quantitative estimate of drug-likeness (QED) is 0.308. The van der Waals surface area contributed by atoms with Gasteiger partial charge in [-0.1, -0.05) is 24.3 Å². The maximum Gasteiger partial charge on any atom is 0.261 e. The largest absolute Gasteiger partial charge is 0.398 e. The van der Waals surface area contributed by atoms with Crippen LogP contribution in [0.2, 0.25) is 0 Å². The topological polar surface area (TPSA) is 115 Å². The van der Waals surface area contributed by atoms with E-state index in [9.17, 15) is 4.79 Å². The molecule has 0 aliphatic rings. The van der Waals surface area contributed by atoms with Crippen molar-refractivity contribution in [3.05, 3.63) is 94.4 Å². The van der Waals surface area contributed by atoms with Crippen molar-refractivity contribution in [2.24, 2.45) is 0 Å². The van der Waals surface area contributed by atoms with Crippen LogP contribution in [0, 0.1) is 0 Å². The molecule has 0 amide bonds. The minimum atomic E-state index is -0.279. The molecule has 5 rings (SSSR count). The van der Waals surface area contributed by atoms with Crippen LogP contribution in [0.15, 0.2) is 72.2 Å². The Morgan fingerprint density at radius 3 is 2.82 bits per heavy atom. The Hall–Kier alpha value is -4.17. The van der Waals surface area contributed by atoms with E-state index in [2.05, 4.69) is 45.3 Å². The summed E-state index contributed by atoms with van der Waals surface area (Å²) in [5.41, 5.74) is 12.7. The van der Waals surface area contributed by atoms with Gasteiger partial charge in [-0.05, 0) is 54.2 Å². The van der Waals surface area contributed by atoms with Crippen molar-refractivity contribution in [3.8, 4) is 17.1 Å². The highest BCUT2D eigenvalue weighted by Crippen LogP contribution is 2.28. The number of nitrogens with zero attached hydrogens (tertiary/aromatic N) is 3. The number of hydrogen-bond acceptors (Lipinski definition) is 5. The number of nitrogens with one attached hydrogen (secondary N) is 2. The molecule has 0 unspecified atom stereocenters. The number of benzene rings is 2. The molecule has 3 heterocycles. The summed E-state index contributed by atoms with van der Waals surface area (Å²) in [4.78, 5) is 27.5. The predicted molar refractivity (Wildman–Crippen MR) is 133 cm³/mol. The first-order valence-corrected chi connectivity index (χ1v) is 11.2. The van der Waals surface area contributed by atoms with Crippen LogP contribution >= 0.6 is 0 Å². The number of hydrogen-bond donors (Lipinski definition) is 3. The van der Waals surface area contributed by atoms with E-state index in [4.69, 9.17) is 15.5 Å². The van der Waals surface area contributed by atoms with E-state index in [-0.39, 0.29) is 5.56 Å². The average Bonchev–Trinajstić information content (AvgIpc) is 3.50. The summed E-state index contributed by atoms with van der Waals surface area (Å²) in [7, 11) is 1.73. The fourth-order valence-corrected chi connectivity index (χ4v) is 4.26. The summed E-state index contributed by atoms with van der Waals surface area (Å²) in [6.45, 7) is 0.746. The maximum atomic E-state index is 12.5. The molecule has 8 heteroatoms. The SMILES string of the molecule is COCCCc1cccc(Cc2cc(-n3ccnc3)cc3[nH]c(-c4c(N)cc[nH]c4=O)nc23)c1. The second-order valence-electron chi connectivity index (χ2n) is 8.29. The second-order valence-corrected chi connectivity index (χ2v) is 8.29. The fraction of sp³-hybridized carbons (Fsp3) is 0.192. The highest BCUT2D eigenvalue weighted by Gasteiger charge is 2.16. The lowest BCUT2D eigenvalue weighted by Crippen LogP contribution is -2.11. The minimum Gasteiger partial charge on any atom is -0.398 e. The van der Waals surface area contributed by atoms with Gasteiger partial charge in [-0.15, -0.1) is 0 Å². The molecule has 0 saturated heterocycles. The Balaban J connectivity index is 1.59. The monoisotopic (exact) mass is 454 g/mol. The molecule has 8 nitrogen and oxygen atoms in total. The number of anilines is 1. The van der Waals surface area contributed by atoms with E-state index in [1.807, 2.05) is 16.8 Å². The Morgan fingerprint density at radius 1 is 1.15 bits per heavy atom. The summed E-state index contributed by atoms with van der Waals surface area (Å²) in [6, 6.07) is 14.4. The van der Waals surface area contributed by atoms with E-state index in [1.54, 1.807) is 25.7 Å². The zero-order chi connectivity index (χ0) is 23.5. The normalized spacial score (nSPS) is 11.3. The van der Waals surface area contributed by atoms with E-state index in [0.29, 0.717) is 23.5 Å². The van der Waals surface area contributed by atoms with Crippen LogP contribution in [0.25, 0.3) is 28.1 Å². The number of nitrogens with two attached hydrogens (primary N) is 1. The van der Waals surface area contributed by atoms with Gasteiger partial charge in [-0.2, -0.15) is 0 Å². The lowest BCUT2D eigenvalue weighted by Gasteiger charge is -2.09. The summed E-state index contributed by atoms with van der Waals surface area (Å²) in [5.74, 6) is 0.451. The number of rotatable bonds is 8. The molecule has 172 valence electrons. The number of methoxy groups -OCH3 is 1. The van der Waals surface area contributed by atoms with Crippen LogP contribution in [0.1, 0.15) is 23.1 Å². The Labute approximate surface area is 196 Å². The number of ether oxygens (including phenoxy) is 1. The summed E-state index contributed by atoms with van der Waals surface area (Å²) >= 11 is 0. The smallest absolute Gasteiger partial charge is 0.261 e. The molecule has 5 aromatic rings. The third kappa shape index (κ3) is 4.35. The van der Waals surface area contributed by atoms with Crippen molar-refractivity contribution in [1.29, 1.82) is 0 Å². The number of aryl methyl sites for hydroxylation is 1. The molecule has 0 bridgehead atoms. The zero-order valence-corrected chi connectivity index (χ0v) is 18.9. The molecule has 0 fully saturated rings. The van der Waals surface area contributed by atoms with E-state index in [0.717, 1.165) is 41.7 Å². The van der Waals surface area contributed by atoms with E-state index in [1.165, 1.54) is 17.3 Å². The molecule has 2 aromatic carbocycles. The van der Waals surface area contributed by atoms with Gasteiger partial charge in [-0.3, -0.25) is 4.79 Å². The van der Waals surface area contributed by atoms with Crippen LogP contribution in [-0.4, -0.2) is 38.2 Å². The Morgan fingerprint density at radius 2 is 2.03 bits per heavy atom. The van der Waals surface area contributed by atoms with Gasteiger partial charge in [0.2, 0.25) is 0 Å². The van der Waals surface area contributed by atoms with Crippen molar-refractivity contribution < 1.29 is 4.74 Å². The first kappa shape index (κ1) is 21.7. The summed E-state index contributed by atoms with van der Waals surface area (Å²) < 4.78 is 7.14. The first-order chi connectivity index (χ1) is 16.6. The van der Waals surface area contributed by atoms with Crippen LogP contribution in [-0.2, 0) is 17.6 Å². The number of aromatic amines is 2. The standard InChI is InChI=1S/C26H26N6O2/c1-34-11-3-6-17-4-2-5-18(12-17)13-19-14-20(32-10-9-28-16-32)15-22-24(19)31-25(30-22)23-21(27)7-8-29-26(23)33/h2,4-5,7-10,12,14-16H,3,6,11,13H2,1H3,(H,30,31)(H3,27,29,33). The van der Waals surface area contributed by atoms with Gasteiger partial charge >= 0.3 is 0 Å². The number of imidazole rings is 2. The molecule has 0 aliphatic heterocycles. The average molecular weight is 455 g/mol. The highest BCUT2D eigenvalue weighted by molar-refractivity contribution is 5.86. The Kier molecular flexibility index (Phi) is 5.97. The number of nitrogen functional groups attached to an aromatic ring is 1. The summed E-state index contributed by atoms with van der Waals surface area (Å²) in [5, 5.41) is 0. The second kappa shape index (κ2) is 9.36. The third-order valence-corrected chi connectivity index (χ3v) is 5.88. The van der Waals surface area contributed by atoms with Gasteiger partial charge in [0.05, 0.1) is 17.4 Å². The molecule has 0 spiro atoms. The molecular formula is C26H26N6O2. The van der Waals surface area contributed by atoms with Crippen molar-refractivity contribution in [1.82, 2.24) is 24.5 Å². The van der Waals surface area contributed by atoms with Gasteiger partial charge in [0.25, 0.3) is 5.56 Å². The van der Waals surface area contributed by atoms with Crippen molar-refractivity contribution in [2.75, 3.05) is 19.5 Å². The molecule has 0 radical (unpaired) electrons. The van der Waals surface area contributed by atoms with Gasteiger partial charge in [0.1, 0.15) is 11.4 Å². The molecule has 0 aliphatic carbocycles. The van der Waals surface area contributed by atoms with Gasteiger partial charge in [0, 0.05) is 43.7 Å². The molecule has 4 N–H and O–H groups in total. The van der Waals surface area contributed by atoms with Crippen LogP contribution in [0.3, 0.4) is 0 Å². The lowest BCUT2D eigenvalue weighted by atomic mass is 9.99. The minimum absolute atomic E-state index is 0.279. The Bertz CT molecular complexity index is 1480. The number of fused-ring (bicyclic) bond motifs is 1. The van der Waals surface area contributed by atoms with Crippen LogP contribution < -0.4 is 11.3 Å². The van der Waals surface area contributed by atoms with Gasteiger partial charge in [-0.25, -0.2) is 9.97 Å². The highest BCUT2D eigenvalue weighted by atomic mass is 16.5. The molecular weight excluding hydrogens is 428 g/mol. The molecule has 0 saturated carbocycles. The van der Waals surface area contributed by atoms with E-state index >= 15 is 0 Å². The maximum absolute atomic E-state index is 12.5. The third-order valence-electron chi connectivity index (χ3n) is 5.88. The first-order valence-electron chi connectivity index (χ1n) is 11.2. The van der Waals surface area contributed by atoms with Crippen LogP contribution in [0.5, 0.6) is 0 Å². The molecule has 34 heavy (non-hydrogen) atoms. The van der Waals surface area contributed by atoms with Crippen molar-refractivity contribution >= 4 is 16.7 Å². The number of H-pyrrole nitrogens is 2. The number of aromatic nitrogens is 5. The van der Waals surface area contributed by atoms with Crippen molar-refractivity contribution in [3.63, 3.8) is 0 Å². The molecule has 3 aromatic heterocycles. The van der Waals surface area contributed by atoms with Gasteiger partial charge in [0.15, 0.2) is 0 Å². The van der Waals surface area contributed by atoms with E-state index < -0.39 is 0 Å². The fourth-order valence-electron chi connectivity index (χ4n) is 4.26. The zero-order valence-electron chi connectivity index (χ0n) is 18.9. The van der Waals surface area contributed by atoms with Crippen LogP contribution in [0.4, 0.5) is 5.69 Å².